The number of esters is 1. The van der Waals surface area contributed by atoms with Crippen LogP contribution in [-0.4, -0.2) is 36.5 Å². The number of hydrogen-bond acceptors (Lipinski definition) is 3. The first-order valence-electron chi connectivity index (χ1n) is 5.69. The molecule has 19 heavy (non-hydrogen) atoms. The van der Waals surface area contributed by atoms with E-state index in [-0.39, 0.29) is 24.1 Å². The van der Waals surface area contributed by atoms with E-state index in [4.69, 9.17) is 23.2 Å². The third-order valence-electron chi connectivity index (χ3n) is 2.57. The van der Waals surface area contributed by atoms with E-state index < -0.39 is 5.97 Å². The van der Waals surface area contributed by atoms with Gasteiger partial charge in [-0.25, -0.2) is 0 Å². The second kappa shape index (κ2) is 6.78. The largest absolute Gasteiger partial charge is 0.468 e. The van der Waals surface area contributed by atoms with Gasteiger partial charge in [-0.05, 0) is 32.0 Å². The number of rotatable bonds is 4. The average Bonchev–Trinajstić information content (AvgIpc) is 2.37. The maximum atomic E-state index is 12.4. The van der Waals surface area contributed by atoms with Gasteiger partial charge < -0.3 is 9.64 Å². The number of benzene rings is 1. The smallest absolute Gasteiger partial charge is 0.325 e. The fourth-order valence-corrected chi connectivity index (χ4v) is 1.88. The summed E-state index contributed by atoms with van der Waals surface area (Å²) in [7, 11) is 1.28. The third kappa shape index (κ3) is 4.11. The van der Waals surface area contributed by atoms with Crippen molar-refractivity contribution in [3.63, 3.8) is 0 Å². The number of carbonyl (C=O) groups excluding carboxylic acids is 2. The number of amides is 1. The number of nitrogens with zero attached hydrogens (tertiary/aromatic N) is 1. The van der Waals surface area contributed by atoms with E-state index in [0.29, 0.717) is 10.0 Å². The first-order valence-corrected chi connectivity index (χ1v) is 6.45. The van der Waals surface area contributed by atoms with Crippen LogP contribution in [0, 0.1) is 0 Å². The molecule has 0 atom stereocenters. The molecule has 6 heteroatoms. The van der Waals surface area contributed by atoms with Gasteiger partial charge in [0.25, 0.3) is 5.91 Å². The predicted molar refractivity (Wildman–Crippen MR) is 74.7 cm³/mol. The van der Waals surface area contributed by atoms with Crippen LogP contribution in [0.1, 0.15) is 24.2 Å². The summed E-state index contributed by atoms with van der Waals surface area (Å²) < 4.78 is 4.58. The molecule has 0 heterocycles. The van der Waals surface area contributed by atoms with Crippen LogP contribution in [0.25, 0.3) is 0 Å². The summed E-state index contributed by atoms with van der Waals surface area (Å²) in [5.41, 5.74) is 0.270. The fourth-order valence-electron chi connectivity index (χ4n) is 1.51. The molecule has 1 aromatic carbocycles. The van der Waals surface area contributed by atoms with E-state index in [0.717, 1.165) is 0 Å². The minimum atomic E-state index is -0.486. The molecule has 0 aliphatic carbocycles. The summed E-state index contributed by atoms with van der Waals surface area (Å²) in [6.45, 7) is 3.48. The molecule has 0 spiro atoms. The van der Waals surface area contributed by atoms with Gasteiger partial charge in [-0.3, -0.25) is 9.59 Å². The van der Waals surface area contributed by atoms with Crippen LogP contribution in [0.15, 0.2) is 18.2 Å². The maximum absolute atomic E-state index is 12.4. The number of carbonyl (C=O) groups is 2. The van der Waals surface area contributed by atoms with E-state index in [1.54, 1.807) is 26.0 Å². The van der Waals surface area contributed by atoms with Gasteiger partial charge in [0.15, 0.2) is 0 Å². The van der Waals surface area contributed by atoms with Crippen LogP contribution in [0.5, 0.6) is 0 Å². The molecule has 0 saturated carbocycles. The first kappa shape index (κ1) is 15.8. The van der Waals surface area contributed by atoms with Gasteiger partial charge in [0.1, 0.15) is 6.54 Å². The molecule has 0 bridgehead atoms. The second-order valence-electron chi connectivity index (χ2n) is 4.23. The summed E-state index contributed by atoms with van der Waals surface area (Å²) in [5, 5.41) is 0.708. The SMILES string of the molecule is COC(=O)CN(C(=O)c1cc(Cl)ccc1Cl)C(C)C. The molecular weight excluding hydrogens is 289 g/mol. The van der Waals surface area contributed by atoms with Gasteiger partial charge in [-0.1, -0.05) is 23.2 Å². The lowest BCUT2D eigenvalue weighted by molar-refractivity contribution is -0.141. The Labute approximate surface area is 122 Å². The molecule has 4 nitrogen and oxygen atoms in total. The van der Waals surface area contributed by atoms with Gasteiger partial charge in [0.2, 0.25) is 0 Å². The third-order valence-corrected chi connectivity index (χ3v) is 3.13. The lowest BCUT2D eigenvalue weighted by Gasteiger charge is -2.26. The molecule has 104 valence electrons. The number of hydrogen-bond donors (Lipinski definition) is 0. The van der Waals surface area contributed by atoms with Gasteiger partial charge in [-0.2, -0.15) is 0 Å². The normalized spacial score (nSPS) is 10.4. The van der Waals surface area contributed by atoms with Crippen molar-refractivity contribution in [2.24, 2.45) is 0 Å². The lowest BCUT2D eigenvalue weighted by Crippen LogP contribution is -2.41. The molecule has 1 aromatic rings. The van der Waals surface area contributed by atoms with Gasteiger partial charge in [0, 0.05) is 11.1 Å². The summed E-state index contributed by atoms with van der Waals surface area (Å²) in [4.78, 5) is 25.1. The minimum Gasteiger partial charge on any atom is -0.468 e. The zero-order chi connectivity index (χ0) is 14.6. The van der Waals surface area contributed by atoms with Crippen LogP contribution in [0.4, 0.5) is 0 Å². The Bertz CT molecular complexity index is 489. The van der Waals surface area contributed by atoms with E-state index in [1.807, 2.05) is 0 Å². The minimum absolute atomic E-state index is 0.129. The van der Waals surface area contributed by atoms with Crippen LogP contribution in [-0.2, 0) is 9.53 Å². The topological polar surface area (TPSA) is 46.6 Å². The number of halogens is 2. The first-order chi connectivity index (χ1) is 8.86. The molecule has 0 aromatic heterocycles. The van der Waals surface area contributed by atoms with Crippen LogP contribution in [0.3, 0.4) is 0 Å². The van der Waals surface area contributed by atoms with Gasteiger partial charge in [-0.15, -0.1) is 0 Å². The zero-order valence-electron chi connectivity index (χ0n) is 10.9. The lowest BCUT2D eigenvalue weighted by atomic mass is 10.1. The fraction of sp³-hybridized carbons (Fsp3) is 0.385. The second-order valence-corrected chi connectivity index (χ2v) is 5.07. The van der Waals surface area contributed by atoms with Crippen molar-refractivity contribution in [2.75, 3.05) is 13.7 Å². The van der Waals surface area contributed by atoms with E-state index >= 15 is 0 Å². The standard InChI is InChI=1S/C13H15Cl2NO3/c1-8(2)16(7-12(17)19-3)13(18)10-6-9(14)4-5-11(10)15/h4-6,8H,7H2,1-3H3. The molecule has 0 N–H and O–H groups in total. The van der Waals surface area contributed by atoms with Crippen molar-refractivity contribution in [1.29, 1.82) is 0 Å². The average molecular weight is 304 g/mol. The Morgan fingerprint density at radius 3 is 2.47 bits per heavy atom. The Morgan fingerprint density at radius 2 is 1.95 bits per heavy atom. The summed E-state index contributed by atoms with van der Waals surface area (Å²) in [5.74, 6) is -0.840. The van der Waals surface area contributed by atoms with Crippen molar-refractivity contribution in [3.05, 3.63) is 33.8 Å². The molecule has 0 saturated heterocycles. The molecular formula is C13H15Cl2NO3. The highest BCUT2D eigenvalue weighted by atomic mass is 35.5. The van der Waals surface area contributed by atoms with E-state index in [2.05, 4.69) is 4.74 Å². The highest BCUT2D eigenvalue weighted by Crippen LogP contribution is 2.22. The molecule has 0 aliphatic rings. The van der Waals surface area contributed by atoms with E-state index in [1.165, 1.54) is 18.1 Å². The van der Waals surface area contributed by atoms with Crippen molar-refractivity contribution in [2.45, 2.75) is 19.9 Å². The monoisotopic (exact) mass is 303 g/mol. The molecule has 1 amide bonds. The summed E-state index contributed by atoms with van der Waals surface area (Å²) >= 11 is 11.8. The zero-order valence-corrected chi connectivity index (χ0v) is 12.5. The Kier molecular flexibility index (Phi) is 5.63. The molecule has 0 unspecified atom stereocenters. The summed E-state index contributed by atoms with van der Waals surface area (Å²) in [6.07, 6.45) is 0. The highest BCUT2D eigenvalue weighted by molar-refractivity contribution is 6.35. The highest BCUT2D eigenvalue weighted by Gasteiger charge is 2.23. The quantitative estimate of drug-likeness (QED) is 0.803. The Hall–Kier alpha value is -1.26. The van der Waals surface area contributed by atoms with Crippen LogP contribution >= 0.6 is 23.2 Å². The summed E-state index contributed by atoms with van der Waals surface area (Å²) in [6, 6.07) is 4.47. The van der Waals surface area contributed by atoms with Crippen molar-refractivity contribution >= 4 is 35.1 Å². The maximum Gasteiger partial charge on any atom is 0.325 e. The van der Waals surface area contributed by atoms with Crippen LogP contribution in [0.2, 0.25) is 10.0 Å². The van der Waals surface area contributed by atoms with Crippen LogP contribution < -0.4 is 0 Å². The Balaban J connectivity index is 3.05. The van der Waals surface area contributed by atoms with Gasteiger partial charge in [0.05, 0.1) is 17.7 Å². The van der Waals surface area contributed by atoms with Gasteiger partial charge >= 0.3 is 5.97 Å². The van der Waals surface area contributed by atoms with Crippen molar-refractivity contribution in [3.8, 4) is 0 Å². The number of methoxy groups -OCH3 is 1. The molecule has 0 radical (unpaired) electrons. The molecule has 0 fully saturated rings. The molecule has 0 aliphatic heterocycles. The Morgan fingerprint density at radius 1 is 1.32 bits per heavy atom. The predicted octanol–water partition coefficient (Wildman–Crippen LogP) is 3.02. The van der Waals surface area contributed by atoms with E-state index in [9.17, 15) is 9.59 Å². The van der Waals surface area contributed by atoms with Crippen molar-refractivity contribution < 1.29 is 14.3 Å². The number of ether oxygens (including phenoxy) is 1. The molecule has 1 rings (SSSR count). The van der Waals surface area contributed by atoms with Crippen molar-refractivity contribution in [1.82, 2.24) is 4.90 Å².